The average molecular weight is 385 g/mol. The van der Waals surface area contributed by atoms with E-state index >= 15 is 0 Å². The van der Waals surface area contributed by atoms with E-state index in [0.29, 0.717) is 0 Å². The third kappa shape index (κ3) is 4.06. The van der Waals surface area contributed by atoms with Crippen LogP contribution in [0.2, 0.25) is 0 Å². The molecule has 0 aliphatic rings. The van der Waals surface area contributed by atoms with Gasteiger partial charge in [0.15, 0.2) is 9.84 Å². The molecular formula is C21H23NO4S. The SMILES string of the molecule is Cc1ccc2c(CC(=O)NC(C)c3ccc(S(C)(=O)=O)cc3)coc2c1C. The van der Waals surface area contributed by atoms with Crippen molar-refractivity contribution >= 4 is 26.7 Å². The molecule has 142 valence electrons. The van der Waals surface area contributed by atoms with E-state index in [1.807, 2.05) is 32.9 Å². The molecule has 1 heterocycles. The van der Waals surface area contributed by atoms with Gasteiger partial charge in [-0.25, -0.2) is 8.42 Å². The Labute approximate surface area is 159 Å². The first-order valence-electron chi connectivity index (χ1n) is 8.72. The minimum absolute atomic E-state index is 0.115. The monoisotopic (exact) mass is 385 g/mol. The van der Waals surface area contributed by atoms with E-state index in [1.54, 1.807) is 30.5 Å². The first kappa shape index (κ1) is 19.2. The number of hydrogen-bond acceptors (Lipinski definition) is 4. The van der Waals surface area contributed by atoms with Crippen LogP contribution < -0.4 is 5.32 Å². The molecule has 0 saturated carbocycles. The van der Waals surface area contributed by atoms with Crippen LogP contribution in [0.4, 0.5) is 0 Å². The van der Waals surface area contributed by atoms with E-state index in [-0.39, 0.29) is 23.3 Å². The molecule has 0 spiro atoms. The van der Waals surface area contributed by atoms with Crippen molar-refractivity contribution in [1.29, 1.82) is 0 Å². The van der Waals surface area contributed by atoms with Gasteiger partial charge in [0.05, 0.1) is 23.6 Å². The van der Waals surface area contributed by atoms with Crippen molar-refractivity contribution < 1.29 is 17.6 Å². The summed E-state index contributed by atoms with van der Waals surface area (Å²) in [6.07, 6.45) is 3.04. The molecular weight excluding hydrogens is 362 g/mol. The molecule has 5 nitrogen and oxygen atoms in total. The Kier molecular flexibility index (Phi) is 5.11. The van der Waals surface area contributed by atoms with Gasteiger partial charge in [0, 0.05) is 17.2 Å². The highest BCUT2D eigenvalue weighted by atomic mass is 32.2. The lowest BCUT2D eigenvalue weighted by atomic mass is 10.0. The standard InChI is InChI=1S/C21H23NO4S/c1-13-5-10-19-17(12-26-21(19)14(13)2)11-20(23)22-15(3)16-6-8-18(9-7-16)27(4,24)25/h5-10,12,15H,11H2,1-4H3,(H,22,23). The van der Waals surface area contributed by atoms with Gasteiger partial charge < -0.3 is 9.73 Å². The number of furan rings is 1. The first-order valence-corrected chi connectivity index (χ1v) is 10.6. The van der Waals surface area contributed by atoms with Crippen molar-refractivity contribution in [2.24, 2.45) is 0 Å². The largest absolute Gasteiger partial charge is 0.464 e. The van der Waals surface area contributed by atoms with Crippen LogP contribution in [0.25, 0.3) is 11.0 Å². The van der Waals surface area contributed by atoms with Gasteiger partial charge in [0.2, 0.25) is 5.91 Å². The van der Waals surface area contributed by atoms with Crippen molar-refractivity contribution in [3.8, 4) is 0 Å². The van der Waals surface area contributed by atoms with Gasteiger partial charge in [-0.2, -0.15) is 0 Å². The number of aryl methyl sites for hydroxylation is 2. The predicted octanol–water partition coefficient (Wildman–Crippen LogP) is 3.87. The summed E-state index contributed by atoms with van der Waals surface area (Å²) in [6.45, 7) is 5.90. The number of hydrogen-bond donors (Lipinski definition) is 1. The third-order valence-electron chi connectivity index (χ3n) is 4.88. The van der Waals surface area contributed by atoms with E-state index in [9.17, 15) is 13.2 Å². The van der Waals surface area contributed by atoms with Gasteiger partial charge >= 0.3 is 0 Å². The molecule has 27 heavy (non-hydrogen) atoms. The van der Waals surface area contributed by atoms with E-state index in [2.05, 4.69) is 5.32 Å². The minimum Gasteiger partial charge on any atom is -0.464 e. The summed E-state index contributed by atoms with van der Waals surface area (Å²) >= 11 is 0. The molecule has 3 aromatic rings. The maximum absolute atomic E-state index is 12.5. The predicted molar refractivity (Wildman–Crippen MR) is 106 cm³/mol. The zero-order valence-corrected chi connectivity index (χ0v) is 16.7. The van der Waals surface area contributed by atoms with Crippen molar-refractivity contribution in [3.63, 3.8) is 0 Å². The minimum atomic E-state index is -3.23. The number of nitrogens with one attached hydrogen (secondary N) is 1. The Morgan fingerprint density at radius 2 is 1.78 bits per heavy atom. The van der Waals surface area contributed by atoms with Crippen molar-refractivity contribution in [1.82, 2.24) is 5.32 Å². The van der Waals surface area contributed by atoms with Gasteiger partial charge in [-0.3, -0.25) is 4.79 Å². The van der Waals surface area contributed by atoms with Crippen LogP contribution in [0, 0.1) is 13.8 Å². The molecule has 0 fully saturated rings. The molecule has 6 heteroatoms. The number of sulfone groups is 1. The van der Waals surface area contributed by atoms with Crippen LogP contribution >= 0.6 is 0 Å². The van der Waals surface area contributed by atoms with Crippen molar-refractivity contribution in [2.45, 2.75) is 38.1 Å². The summed E-state index contributed by atoms with van der Waals surface area (Å²) in [4.78, 5) is 12.7. The van der Waals surface area contributed by atoms with Crippen molar-refractivity contribution in [2.75, 3.05) is 6.26 Å². The third-order valence-corrected chi connectivity index (χ3v) is 6.01. The van der Waals surface area contributed by atoms with E-state index < -0.39 is 9.84 Å². The topological polar surface area (TPSA) is 76.4 Å². The second kappa shape index (κ2) is 7.19. The van der Waals surface area contributed by atoms with E-state index in [1.165, 1.54) is 6.26 Å². The van der Waals surface area contributed by atoms with Gasteiger partial charge in [-0.15, -0.1) is 0 Å². The quantitative estimate of drug-likeness (QED) is 0.723. The summed E-state index contributed by atoms with van der Waals surface area (Å²) in [5.41, 5.74) is 4.75. The lowest BCUT2D eigenvalue weighted by Crippen LogP contribution is -2.28. The summed E-state index contributed by atoms with van der Waals surface area (Å²) in [5.74, 6) is -0.115. The summed E-state index contributed by atoms with van der Waals surface area (Å²) < 4.78 is 28.7. The van der Waals surface area contributed by atoms with E-state index in [4.69, 9.17) is 4.42 Å². The normalized spacial score (nSPS) is 12.9. The number of benzene rings is 2. The van der Waals surface area contributed by atoms with Crippen LogP contribution in [-0.2, 0) is 21.1 Å². The summed E-state index contributed by atoms with van der Waals surface area (Å²) in [7, 11) is -3.23. The molecule has 1 N–H and O–H groups in total. The maximum Gasteiger partial charge on any atom is 0.225 e. The maximum atomic E-state index is 12.5. The fraction of sp³-hybridized carbons (Fsp3) is 0.286. The first-order chi connectivity index (χ1) is 12.7. The fourth-order valence-electron chi connectivity index (χ4n) is 3.08. The average Bonchev–Trinajstić information content (AvgIpc) is 3.00. The molecule has 0 aliphatic carbocycles. The second-order valence-electron chi connectivity index (χ2n) is 6.95. The van der Waals surface area contributed by atoms with E-state index in [0.717, 1.165) is 33.2 Å². The van der Waals surface area contributed by atoms with Gasteiger partial charge in [0.25, 0.3) is 0 Å². The fourth-order valence-corrected chi connectivity index (χ4v) is 3.71. The molecule has 0 aliphatic heterocycles. The molecule has 0 radical (unpaired) electrons. The lowest BCUT2D eigenvalue weighted by Gasteiger charge is -2.14. The Morgan fingerprint density at radius 3 is 2.41 bits per heavy atom. The van der Waals surface area contributed by atoms with Crippen LogP contribution in [0.5, 0.6) is 0 Å². The molecule has 2 aromatic carbocycles. The number of rotatable bonds is 5. The Balaban J connectivity index is 1.71. The number of amides is 1. The van der Waals surface area contributed by atoms with Gasteiger partial charge in [-0.05, 0) is 49.6 Å². The van der Waals surface area contributed by atoms with Crippen LogP contribution in [0.3, 0.4) is 0 Å². The second-order valence-corrected chi connectivity index (χ2v) is 8.97. The highest BCUT2D eigenvalue weighted by Gasteiger charge is 2.15. The molecule has 0 bridgehead atoms. The zero-order valence-electron chi connectivity index (χ0n) is 15.9. The Morgan fingerprint density at radius 1 is 1.11 bits per heavy atom. The van der Waals surface area contributed by atoms with Crippen molar-refractivity contribution in [3.05, 3.63) is 64.9 Å². The number of carbonyl (C=O) groups excluding carboxylic acids is 1. The Hall–Kier alpha value is -2.60. The summed E-state index contributed by atoms with van der Waals surface area (Å²) in [5, 5.41) is 3.91. The molecule has 1 unspecified atom stereocenters. The highest BCUT2D eigenvalue weighted by Crippen LogP contribution is 2.27. The molecule has 0 saturated heterocycles. The lowest BCUT2D eigenvalue weighted by molar-refractivity contribution is -0.121. The highest BCUT2D eigenvalue weighted by molar-refractivity contribution is 7.90. The molecule has 1 aromatic heterocycles. The molecule has 3 rings (SSSR count). The number of carbonyl (C=O) groups is 1. The van der Waals surface area contributed by atoms with Crippen LogP contribution in [-0.4, -0.2) is 20.6 Å². The Bertz CT molecular complexity index is 1100. The van der Waals surface area contributed by atoms with Crippen LogP contribution in [0.1, 0.15) is 35.2 Å². The van der Waals surface area contributed by atoms with Crippen LogP contribution in [0.15, 0.2) is 52.0 Å². The molecule has 1 atom stereocenters. The smallest absolute Gasteiger partial charge is 0.225 e. The zero-order chi connectivity index (χ0) is 19.8. The molecule has 1 amide bonds. The van der Waals surface area contributed by atoms with Gasteiger partial charge in [-0.1, -0.05) is 24.3 Å². The number of fused-ring (bicyclic) bond motifs is 1. The van der Waals surface area contributed by atoms with Gasteiger partial charge in [0.1, 0.15) is 5.58 Å². The summed E-state index contributed by atoms with van der Waals surface area (Å²) in [6, 6.07) is 10.3.